The molecular formula is C32H46F2N4O4. The Hall–Kier alpha value is -3.24. The Balaban J connectivity index is 0.000000230. The van der Waals surface area contributed by atoms with Crippen LogP contribution in [-0.4, -0.2) is 71.5 Å². The molecule has 0 unspecified atom stereocenters. The summed E-state index contributed by atoms with van der Waals surface area (Å²) in [6.45, 7) is 13.2. The van der Waals surface area contributed by atoms with E-state index in [1.54, 1.807) is 34.1 Å². The lowest BCUT2D eigenvalue weighted by molar-refractivity contribution is 0.0177. The van der Waals surface area contributed by atoms with Crippen LogP contribution < -0.4 is 11.5 Å². The smallest absolute Gasteiger partial charge is 0.410 e. The van der Waals surface area contributed by atoms with Crippen molar-refractivity contribution in [1.29, 1.82) is 0 Å². The van der Waals surface area contributed by atoms with Crippen LogP contribution in [0.15, 0.2) is 48.5 Å². The SMILES string of the molecule is CC(C)(C)OC(=O)N1CC[C@@H](c2ccc(F)cc2)[C@@H](N)C1.CC(C)(C)OC(=O)N1CC[C@H](c2ccc(F)cc2)[C@H](N)C1. The Labute approximate surface area is 248 Å². The van der Waals surface area contributed by atoms with Crippen molar-refractivity contribution >= 4 is 12.2 Å². The quantitative estimate of drug-likeness (QED) is 0.462. The highest BCUT2D eigenvalue weighted by Gasteiger charge is 2.33. The van der Waals surface area contributed by atoms with Gasteiger partial charge < -0.3 is 30.7 Å². The second-order valence-corrected chi connectivity index (χ2v) is 13.1. The van der Waals surface area contributed by atoms with E-state index in [1.807, 2.05) is 41.5 Å². The van der Waals surface area contributed by atoms with Gasteiger partial charge in [-0.25, -0.2) is 18.4 Å². The molecule has 2 aromatic carbocycles. The van der Waals surface area contributed by atoms with Gasteiger partial charge in [-0.05, 0) is 89.8 Å². The standard InChI is InChI=1S/2C16H23FN2O2/c2*1-16(2,3)21-15(20)19-9-8-13(14(18)10-19)11-4-6-12(17)7-5-11/h2*4-7,13-14H,8-10,18H2,1-3H3/t2*13-,14-/m10/s1. The van der Waals surface area contributed by atoms with Gasteiger partial charge >= 0.3 is 12.2 Å². The van der Waals surface area contributed by atoms with Gasteiger partial charge in [0, 0.05) is 50.1 Å². The van der Waals surface area contributed by atoms with E-state index < -0.39 is 11.2 Å². The van der Waals surface area contributed by atoms with Gasteiger partial charge in [-0.15, -0.1) is 0 Å². The van der Waals surface area contributed by atoms with Crippen molar-refractivity contribution in [1.82, 2.24) is 9.80 Å². The van der Waals surface area contributed by atoms with Crippen molar-refractivity contribution in [3.8, 4) is 0 Å². The van der Waals surface area contributed by atoms with E-state index in [0.29, 0.717) is 26.2 Å². The third kappa shape index (κ3) is 9.94. The second kappa shape index (κ2) is 13.8. The molecule has 2 saturated heterocycles. The van der Waals surface area contributed by atoms with Crippen molar-refractivity contribution in [3.05, 3.63) is 71.3 Å². The monoisotopic (exact) mass is 588 g/mol. The minimum atomic E-state index is -0.505. The van der Waals surface area contributed by atoms with Crippen LogP contribution in [0, 0.1) is 11.6 Å². The molecular weight excluding hydrogens is 542 g/mol. The summed E-state index contributed by atoms with van der Waals surface area (Å²) in [5, 5.41) is 0. The second-order valence-electron chi connectivity index (χ2n) is 13.1. The molecule has 0 saturated carbocycles. The number of carbonyl (C=O) groups excluding carboxylic acids is 2. The summed E-state index contributed by atoms with van der Waals surface area (Å²) < 4.78 is 36.7. The average Bonchev–Trinajstić information content (AvgIpc) is 2.88. The maximum atomic E-state index is 13.0. The molecule has 10 heteroatoms. The van der Waals surface area contributed by atoms with Crippen LogP contribution in [0.1, 0.15) is 77.3 Å². The summed E-state index contributed by atoms with van der Waals surface area (Å²) in [7, 11) is 0. The van der Waals surface area contributed by atoms with Gasteiger partial charge in [0.15, 0.2) is 0 Å². The number of ether oxygens (including phenoxy) is 2. The Morgan fingerprint density at radius 1 is 0.667 bits per heavy atom. The van der Waals surface area contributed by atoms with E-state index in [1.165, 1.54) is 24.3 Å². The highest BCUT2D eigenvalue weighted by molar-refractivity contribution is 5.69. The molecule has 2 aliphatic rings. The van der Waals surface area contributed by atoms with Gasteiger partial charge in [0.2, 0.25) is 0 Å². The van der Waals surface area contributed by atoms with Gasteiger partial charge in [-0.1, -0.05) is 24.3 Å². The average molecular weight is 589 g/mol. The van der Waals surface area contributed by atoms with Gasteiger partial charge in [-0.2, -0.15) is 0 Å². The number of halogens is 2. The lowest BCUT2D eigenvalue weighted by atomic mass is 9.86. The Bertz CT molecular complexity index is 1090. The molecule has 0 aliphatic carbocycles. The number of amides is 2. The first-order valence-electron chi connectivity index (χ1n) is 14.5. The predicted octanol–water partition coefficient (Wildman–Crippen LogP) is 5.75. The number of likely N-dealkylation sites (tertiary alicyclic amines) is 2. The number of hydrogen-bond acceptors (Lipinski definition) is 6. The van der Waals surface area contributed by atoms with E-state index in [4.69, 9.17) is 20.9 Å². The maximum Gasteiger partial charge on any atom is 0.410 e. The number of hydrogen-bond donors (Lipinski definition) is 2. The van der Waals surface area contributed by atoms with Crippen LogP contribution in [0.25, 0.3) is 0 Å². The highest BCUT2D eigenvalue weighted by Crippen LogP contribution is 2.29. The van der Waals surface area contributed by atoms with Gasteiger partial charge in [-0.3, -0.25) is 0 Å². The molecule has 42 heavy (non-hydrogen) atoms. The maximum absolute atomic E-state index is 13.0. The van der Waals surface area contributed by atoms with Crippen LogP contribution in [-0.2, 0) is 9.47 Å². The topological polar surface area (TPSA) is 111 Å². The van der Waals surface area contributed by atoms with E-state index in [0.717, 1.165) is 24.0 Å². The summed E-state index contributed by atoms with van der Waals surface area (Å²) in [6.07, 6.45) is 0.865. The minimum Gasteiger partial charge on any atom is -0.444 e. The summed E-state index contributed by atoms with van der Waals surface area (Å²) in [5.74, 6) is -0.217. The number of piperidine rings is 2. The first-order valence-corrected chi connectivity index (χ1v) is 14.5. The number of rotatable bonds is 2. The summed E-state index contributed by atoms with van der Waals surface area (Å²) >= 11 is 0. The third-order valence-electron chi connectivity index (χ3n) is 7.22. The summed E-state index contributed by atoms with van der Waals surface area (Å²) in [6, 6.07) is 12.5. The van der Waals surface area contributed by atoms with Crippen LogP contribution in [0.3, 0.4) is 0 Å². The number of carbonyl (C=O) groups is 2. The Morgan fingerprint density at radius 3 is 1.24 bits per heavy atom. The predicted molar refractivity (Wildman–Crippen MR) is 159 cm³/mol. The molecule has 0 radical (unpaired) electrons. The molecule has 2 heterocycles. The fourth-order valence-corrected chi connectivity index (χ4v) is 5.20. The van der Waals surface area contributed by atoms with Crippen LogP contribution >= 0.6 is 0 Å². The first-order chi connectivity index (χ1) is 19.5. The van der Waals surface area contributed by atoms with Crippen LogP contribution in [0.4, 0.5) is 18.4 Å². The van der Waals surface area contributed by atoms with Gasteiger partial charge in [0.1, 0.15) is 22.8 Å². The molecule has 2 aliphatic heterocycles. The molecule has 2 aromatic rings. The molecule has 4 rings (SSSR count). The molecule has 8 nitrogen and oxygen atoms in total. The van der Waals surface area contributed by atoms with Crippen molar-refractivity contribution in [2.45, 2.75) is 89.5 Å². The Morgan fingerprint density at radius 2 is 0.976 bits per heavy atom. The zero-order chi connectivity index (χ0) is 31.2. The first kappa shape index (κ1) is 33.3. The van der Waals surface area contributed by atoms with E-state index >= 15 is 0 Å². The molecule has 0 aromatic heterocycles. The number of nitrogens with two attached hydrogens (primary N) is 2. The van der Waals surface area contributed by atoms with Crippen LogP contribution in [0.5, 0.6) is 0 Å². The molecule has 0 bridgehead atoms. The van der Waals surface area contributed by atoms with Crippen molar-refractivity contribution in [2.24, 2.45) is 11.5 Å². The third-order valence-corrected chi connectivity index (χ3v) is 7.22. The highest BCUT2D eigenvalue weighted by atomic mass is 19.1. The van der Waals surface area contributed by atoms with E-state index in [2.05, 4.69) is 0 Å². The lowest BCUT2D eigenvalue weighted by Gasteiger charge is -2.37. The van der Waals surface area contributed by atoms with E-state index in [-0.39, 0.29) is 47.7 Å². The zero-order valence-corrected chi connectivity index (χ0v) is 25.6. The van der Waals surface area contributed by atoms with Crippen molar-refractivity contribution in [3.63, 3.8) is 0 Å². The fraction of sp³-hybridized carbons (Fsp3) is 0.562. The number of nitrogens with zero attached hydrogens (tertiary/aromatic N) is 2. The van der Waals surface area contributed by atoms with Gasteiger partial charge in [0.05, 0.1) is 0 Å². The fourth-order valence-electron chi connectivity index (χ4n) is 5.20. The Kier molecular flexibility index (Phi) is 10.9. The van der Waals surface area contributed by atoms with E-state index in [9.17, 15) is 18.4 Å². The molecule has 4 N–H and O–H groups in total. The summed E-state index contributed by atoms with van der Waals surface area (Å²) in [5.41, 5.74) is 13.4. The zero-order valence-electron chi connectivity index (χ0n) is 25.6. The van der Waals surface area contributed by atoms with Gasteiger partial charge in [0.25, 0.3) is 0 Å². The number of benzene rings is 2. The van der Waals surface area contributed by atoms with Crippen LogP contribution in [0.2, 0.25) is 0 Å². The lowest BCUT2D eigenvalue weighted by Crippen LogP contribution is -2.50. The minimum absolute atomic E-state index is 0.143. The molecule has 2 amide bonds. The molecule has 0 spiro atoms. The van der Waals surface area contributed by atoms with Crippen molar-refractivity contribution < 1.29 is 27.8 Å². The molecule has 2 fully saturated rings. The largest absolute Gasteiger partial charge is 0.444 e. The van der Waals surface area contributed by atoms with Crippen molar-refractivity contribution in [2.75, 3.05) is 26.2 Å². The normalized spacial score (nSPS) is 23.0. The molecule has 4 atom stereocenters. The summed E-state index contributed by atoms with van der Waals surface area (Å²) in [4.78, 5) is 27.4. The molecule has 232 valence electrons.